The molecule has 0 bridgehead atoms. The molecule has 3 rings (SSSR count). The van der Waals surface area contributed by atoms with Gasteiger partial charge < -0.3 is 20.2 Å². The van der Waals surface area contributed by atoms with Crippen molar-refractivity contribution >= 4 is 22.6 Å². The van der Waals surface area contributed by atoms with Crippen molar-refractivity contribution in [2.75, 3.05) is 17.7 Å². The van der Waals surface area contributed by atoms with Crippen LogP contribution in [0.5, 0.6) is 5.75 Å². The number of aromatic nitrogens is 3. The minimum absolute atomic E-state index is 0.0600. The molecule has 0 atom stereocenters. The van der Waals surface area contributed by atoms with Gasteiger partial charge in [0.05, 0.1) is 5.52 Å². The fourth-order valence-electron chi connectivity index (χ4n) is 3.10. The van der Waals surface area contributed by atoms with Crippen molar-refractivity contribution in [2.24, 2.45) is 0 Å². The second-order valence-electron chi connectivity index (χ2n) is 8.57. The number of nitrogens with zero attached hydrogens (tertiary/aromatic N) is 3. The summed E-state index contributed by atoms with van der Waals surface area (Å²) in [4.78, 5) is 4.65. The van der Waals surface area contributed by atoms with Crippen LogP contribution in [0.1, 0.15) is 33.3 Å². The Morgan fingerprint density at radius 2 is 1.91 bits per heavy atom. The van der Waals surface area contributed by atoms with Gasteiger partial charge in [0.2, 0.25) is 0 Å². The highest BCUT2D eigenvalue weighted by Crippen LogP contribution is 2.37. The zero-order chi connectivity index (χ0) is 25.1. The first-order valence-corrected chi connectivity index (χ1v) is 10.4. The van der Waals surface area contributed by atoms with E-state index in [9.17, 15) is 13.2 Å². The second kappa shape index (κ2) is 9.58. The van der Waals surface area contributed by atoms with Gasteiger partial charge in [0.15, 0.2) is 6.61 Å². The molecule has 2 heterocycles. The summed E-state index contributed by atoms with van der Waals surface area (Å²) in [6.07, 6.45) is 2.81. The van der Waals surface area contributed by atoms with Gasteiger partial charge >= 0.3 is 12.2 Å². The fourth-order valence-corrected chi connectivity index (χ4v) is 3.10. The maximum absolute atomic E-state index is 12.7. The zero-order valence-corrected chi connectivity index (χ0v) is 19.3. The summed E-state index contributed by atoms with van der Waals surface area (Å²) in [5.41, 5.74) is 8.12. The molecule has 0 aliphatic heterocycles. The quantitative estimate of drug-likeness (QED) is 0.396. The van der Waals surface area contributed by atoms with Crippen molar-refractivity contribution in [2.45, 2.75) is 39.3 Å². The number of nitrogens with two attached hydrogens (primary N) is 1. The molecule has 3 aromatic rings. The molecule has 0 spiro atoms. The van der Waals surface area contributed by atoms with Crippen LogP contribution in [0.4, 0.5) is 24.9 Å². The van der Waals surface area contributed by atoms with Gasteiger partial charge in [-0.05, 0) is 42.2 Å². The Bertz CT molecular complexity index is 1250. The van der Waals surface area contributed by atoms with Crippen molar-refractivity contribution in [3.8, 4) is 17.3 Å². The molecule has 7 nitrogen and oxygen atoms in total. The van der Waals surface area contributed by atoms with Crippen molar-refractivity contribution in [3.63, 3.8) is 0 Å². The molecule has 180 valence electrons. The van der Waals surface area contributed by atoms with E-state index < -0.39 is 18.2 Å². The molecular weight excluding hydrogens is 447 g/mol. The minimum atomic E-state index is -4.46. The topological polar surface area (TPSA) is 99.1 Å². The molecule has 2 aromatic heterocycles. The zero-order valence-electron chi connectivity index (χ0n) is 19.3. The number of hydrogen-bond acceptors (Lipinski definition) is 7. The first-order chi connectivity index (χ1) is 15.9. The van der Waals surface area contributed by atoms with Crippen LogP contribution in [-0.4, -0.2) is 28.0 Å². The number of nitrogen functional groups attached to an aromatic ring is 1. The Morgan fingerprint density at radius 3 is 2.56 bits per heavy atom. The standard InChI is InChI=1S/C24H26F3N5O2/c1-6-7-8-9-14(2)29-22-32-31-21(34-22)19-12-18(28)16-10-15(33-13-24(25,26)27)11-17(20(16)30-19)23(3,4)5/h6-12H,2,13H2,1,3-5H3,(H2,28,30)(H,29,32)/b7-6-,9-8-. The van der Waals surface area contributed by atoms with E-state index in [1.54, 1.807) is 18.2 Å². The first kappa shape index (κ1) is 24.8. The monoisotopic (exact) mass is 473 g/mol. The number of nitrogens with one attached hydrogen (secondary N) is 1. The molecule has 3 N–H and O–H groups in total. The third kappa shape index (κ3) is 6.15. The number of pyridine rings is 1. The Hall–Kier alpha value is -3.82. The lowest BCUT2D eigenvalue weighted by atomic mass is 9.85. The summed E-state index contributed by atoms with van der Waals surface area (Å²) >= 11 is 0. The predicted molar refractivity (Wildman–Crippen MR) is 126 cm³/mol. The van der Waals surface area contributed by atoms with Crippen molar-refractivity contribution in [1.29, 1.82) is 0 Å². The van der Waals surface area contributed by atoms with E-state index in [-0.39, 0.29) is 23.3 Å². The van der Waals surface area contributed by atoms with Crippen molar-refractivity contribution in [3.05, 3.63) is 60.3 Å². The normalized spacial score (nSPS) is 12.7. The summed E-state index contributed by atoms with van der Waals surface area (Å²) < 4.78 is 48.6. The van der Waals surface area contributed by atoms with Gasteiger partial charge in [-0.15, -0.1) is 5.10 Å². The number of alkyl halides is 3. The van der Waals surface area contributed by atoms with E-state index >= 15 is 0 Å². The predicted octanol–water partition coefficient (Wildman–Crippen LogP) is 6.16. The largest absolute Gasteiger partial charge is 0.484 e. The Morgan fingerprint density at radius 1 is 1.18 bits per heavy atom. The fraction of sp³-hybridized carbons (Fsp3) is 0.292. The second-order valence-corrected chi connectivity index (χ2v) is 8.57. The molecule has 10 heteroatoms. The van der Waals surface area contributed by atoms with E-state index in [2.05, 4.69) is 27.1 Å². The van der Waals surface area contributed by atoms with Crippen LogP contribution in [0.2, 0.25) is 0 Å². The van der Waals surface area contributed by atoms with Crippen LogP contribution < -0.4 is 15.8 Å². The maximum Gasteiger partial charge on any atom is 0.422 e. The highest BCUT2D eigenvalue weighted by atomic mass is 19.4. The molecule has 1 aromatic carbocycles. The Balaban J connectivity index is 2.00. The molecular formula is C24H26F3N5O2. The van der Waals surface area contributed by atoms with Gasteiger partial charge in [-0.25, -0.2) is 4.98 Å². The summed E-state index contributed by atoms with van der Waals surface area (Å²) in [5.74, 6) is 0.184. The number of hydrogen-bond donors (Lipinski definition) is 2. The highest BCUT2D eigenvalue weighted by Gasteiger charge is 2.29. The third-order valence-corrected chi connectivity index (χ3v) is 4.64. The summed E-state index contributed by atoms with van der Waals surface area (Å²) in [6.45, 7) is 10.1. The highest BCUT2D eigenvalue weighted by molar-refractivity contribution is 5.95. The van der Waals surface area contributed by atoms with Crippen LogP contribution in [0.15, 0.2) is 59.2 Å². The van der Waals surface area contributed by atoms with Crippen LogP contribution >= 0.6 is 0 Å². The average Bonchev–Trinajstić information content (AvgIpc) is 3.19. The molecule has 0 radical (unpaired) electrons. The summed E-state index contributed by atoms with van der Waals surface area (Å²) in [5, 5.41) is 11.3. The van der Waals surface area contributed by atoms with Crippen LogP contribution in [-0.2, 0) is 5.41 Å². The molecule has 0 aliphatic carbocycles. The number of rotatable bonds is 7. The number of benzene rings is 1. The van der Waals surface area contributed by atoms with Crippen LogP contribution in [0.3, 0.4) is 0 Å². The van der Waals surface area contributed by atoms with Gasteiger partial charge in [0.25, 0.3) is 5.89 Å². The van der Waals surface area contributed by atoms with Crippen molar-refractivity contribution < 1.29 is 22.3 Å². The van der Waals surface area contributed by atoms with E-state index in [1.807, 2.05) is 39.8 Å². The molecule has 0 saturated heterocycles. The van der Waals surface area contributed by atoms with Gasteiger partial charge in [0.1, 0.15) is 11.4 Å². The first-order valence-electron chi connectivity index (χ1n) is 10.4. The Kier molecular flexibility index (Phi) is 6.99. The lowest BCUT2D eigenvalue weighted by Crippen LogP contribution is -2.20. The number of fused-ring (bicyclic) bond motifs is 1. The van der Waals surface area contributed by atoms with Crippen LogP contribution in [0, 0.1) is 0 Å². The Labute approximate surface area is 195 Å². The molecule has 0 saturated carbocycles. The average molecular weight is 473 g/mol. The van der Waals surface area contributed by atoms with Gasteiger partial charge in [0, 0.05) is 16.8 Å². The molecule has 0 unspecified atom stereocenters. The van der Waals surface area contributed by atoms with E-state index in [0.717, 1.165) is 0 Å². The van der Waals surface area contributed by atoms with E-state index in [0.29, 0.717) is 27.9 Å². The molecule has 0 fully saturated rings. The number of allylic oxidation sites excluding steroid dienone is 4. The molecule has 34 heavy (non-hydrogen) atoms. The number of anilines is 2. The smallest absolute Gasteiger partial charge is 0.422 e. The van der Waals surface area contributed by atoms with Gasteiger partial charge in [-0.3, -0.25) is 0 Å². The lowest BCUT2D eigenvalue weighted by molar-refractivity contribution is -0.153. The van der Waals surface area contributed by atoms with E-state index in [1.165, 1.54) is 12.1 Å². The SMILES string of the molecule is C=C(/C=C\C=C/C)Nc1nnc(-c2cc(N)c3cc(OCC(F)(F)F)cc(C(C)(C)C)c3n2)o1. The molecule has 0 amide bonds. The molecule has 0 aliphatic rings. The third-order valence-electron chi connectivity index (χ3n) is 4.64. The maximum atomic E-state index is 12.7. The minimum Gasteiger partial charge on any atom is -0.484 e. The number of ether oxygens (including phenoxy) is 1. The van der Waals surface area contributed by atoms with Crippen molar-refractivity contribution in [1.82, 2.24) is 15.2 Å². The lowest BCUT2D eigenvalue weighted by Gasteiger charge is -2.23. The number of halogens is 3. The summed E-state index contributed by atoms with van der Waals surface area (Å²) in [7, 11) is 0. The van der Waals surface area contributed by atoms with Crippen LogP contribution in [0.25, 0.3) is 22.5 Å². The summed E-state index contributed by atoms with van der Waals surface area (Å²) in [6, 6.07) is 4.65. The van der Waals surface area contributed by atoms with Gasteiger partial charge in [-0.2, -0.15) is 13.2 Å². The van der Waals surface area contributed by atoms with E-state index in [4.69, 9.17) is 14.9 Å². The van der Waals surface area contributed by atoms with Gasteiger partial charge in [-0.1, -0.05) is 50.7 Å².